The molecule has 0 aliphatic carbocycles. The highest BCUT2D eigenvalue weighted by atomic mass is 35.5. The van der Waals surface area contributed by atoms with Crippen molar-refractivity contribution in [1.29, 1.82) is 0 Å². The molecule has 0 aliphatic heterocycles. The normalized spacial score (nSPS) is 11.7. The molecule has 0 spiro atoms. The zero-order valence-corrected chi connectivity index (χ0v) is 21.5. The van der Waals surface area contributed by atoms with Gasteiger partial charge in [0.25, 0.3) is 0 Å². The van der Waals surface area contributed by atoms with Crippen LogP contribution in [0.25, 0.3) is 21.1 Å². The number of carbonyl (C=O) groups excluding carboxylic acids is 1. The molecule has 5 aromatic rings. The number of rotatable bonds is 7. The van der Waals surface area contributed by atoms with Gasteiger partial charge in [0.15, 0.2) is 5.13 Å². The molecule has 2 N–H and O–H groups in total. The van der Waals surface area contributed by atoms with Gasteiger partial charge >= 0.3 is 6.03 Å². The Morgan fingerprint density at radius 1 is 1.11 bits per heavy atom. The number of nitrogens with one attached hydrogen (secondary N) is 2. The van der Waals surface area contributed by atoms with E-state index in [0.717, 1.165) is 38.8 Å². The number of halogens is 1. The maximum Gasteiger partial charge on any atom is 0.341 e. The highest BCUT2D eigenvalue weighted by molar-refractivity contribution is 7.22. The molecule has 0 radical (unpaired) electrons. The summed E-state index contributed by atoms with van der Waals surface area (Å²) in [5, 5.41) is 9.24. The molecule has 0 unspecified atom stereocenters. The van der Waals surface area contributed by atoms with Crippen molar-refractivity contribution in [3.63, 3.8) is 0 Å². The summed E-state index contributed by atoms with van der Waals surface area (Å²) >= 11 is 7.46. The van der Waals surface area contributed by atoms with E-state index in [1.54, 1.807) is 6.21 Å². The van der Waals surface area contributed by atoms with Crippen molar-refractivity contribution in [2.24, 2.45) is 5.10 Å². The third-order valence-electron chi connectivity index (χ3n) is 5.63. The number of aromatic nitrogens is 2. The number of thiazole rings is 1. The number of para-hydroxylation sites is 1. The van der Waals surface area contributed by atoms with Crippen molar-refractivity contribution in [3.8, 4) is 0 Å². The number of fused-ring (bicyclic) bond motifs is 2. The lowest BCUT2D eigenvalue weighted by Crippen LogP contribution is -2.24. The van der Waals surface area contributed by atoms with Gasteiger partial charge in [-0.25, -0.2) is 15.2 Å². The number of benzene rings is 3. The minimum absolute atomic E-state index is 0.441. The lowest BCUT2D eigenvalue weighted by molar-refractivity contribution is 0.252. The second-order valence-corrected chi connectivity index (χ2v) is 10.2. The van der Waals surface area contributed by atoms with Gasteiger partial charge in [0, 0.05) is 40.8 Å². The summed E-state index contributed by atoms with van der Waals surface area (Å²) in [7, 11) is 4.07. The van der Waals surface area contributed by atoms with Crippen molar-refractivity contribution >= 4 is 61.4 Å². The standard InChI is InChI=1S/C27H25ClN6OS/c1-33(2)15-19-9-12-23-25(13-19)36-27(30-23)31-26(35)32-29-14-20-17-34(24-6-4-3-5-22(20)24)16-18-7-10-21(28)11-8-18/h3-14,17H,15-16H2,1-2H3,(H2,30,31,32,35)/b29-14+. The molecule has 0 aliphatic rings. The zero-order chi connectivity index (χ0) is 25.1. The van der Waals surface area contributed by atoms with Crippen LogP contribution in [0.15, 0.2) is 78.0 Å². The number of nitrogens with zero attached hydrogens (tertiary/aromatic N) is 4. The Labute approximate surface area is 218 Å². The van der Waals surface area contributed by atoms with Crippen molar-refractivity contribution < 1.29 is 4.79 Å². The minimum Gasteiger partial charge on any atom is -0.342 e. The van der Waals surface area contributed by atoms with Crippen LogP contribution in [0.4, 0.5) is 9.93 Å². The van der Waals surface area contributed by atoms with Gasteiger partial charge in [-0.2, -0.15) is 5.10 Å². The van der Waals surface area contributed by atoms with E-state index in [9.17, 15) is 4.79 Å². The van der Waals surface area contributed by atoms with Crippen LogP contribution in [-0.4, -0.2) is 40.8 Å². The van der Waals surface area contributed by atoms with Crippen molar-refractivity contribution in [2.45, 2.75) is 13.1 Å². The molecule has 2 aromatic heterocycles. The summed E-state index contributed by atoms with van der Waals surface area (Å²) < 4.78 is 3.19. The van der Waals surface area contributed by atoms with Crippen LogP contribution in [0.1, 0.15) is 16.7 Å². The summed E-state index contributed by atoms with van der Waals surface area (Å²) in [6.07, 6.45) is 3.69. The maximum atomic E-state index is 12.4. The van der Waals surface area contributed by atoms with Crippen LogP contribution in [0.2, 0.25) is 5.02 Å². The van der Waals surface area contributed by atoms with Crippen LogP contribution in [0.3, 0.4) is 0 Å². The molecule has 9 heteroatoms. The smallest absolute Gasteiger partial charge is 0.341 e. The molecule has 0 saturated heterocycles. The predicted molar refractivity (Wildman–Crippen MR) is 149 cm³/mol. The molecule has 36 heavy (non-hydrogen) atoms. The average molecular weight is 517 g/mol. The van der Waals surface area contributed by atoms with E-state index >= 15 is 0 Å². The molecule has 182 valence electrons. The Balaban J connectivity index is 1.27. The van der Waals surface area contributed by atoms with Gasteiger partial charge in [-0.15, -0.1) is 0 Å². The molecule has 5 rings (SSSR count). The fourth-order valence-corrected chi connectivity index (χ4v) is 5.12. The highest BCUT2D eigenvalue weighted by Crippen LogP contribution is 2.27. The molecule has 7 nitrogen and oxygen atoms in total. The molecule has 2 amide bonds. The van der Waals surface area contributed by atoms with Gasteiger partial charge in [0.2, 0.25) is 0 Å². The fourth-order valence-electron chi connectivity index (χ4n) is 4.07. The first-order valence-corrected chi connectivity index (χ1v) is 12.6. The average Bonchev–Trinajstić information content (AvgIpc) is 3.40. The summed E-state index contributed by atoms with van der Waals surface area (Å²) in [5.74, 6) is 0. The van der Waals surface area contributed by atoms with Gasteiger partial charge in [-0.1, -0.05) is 59.3 Å². The highest BCUT2D eigenvalue weighted by Gasteiger charge is 2.10. The van der Waals surface area contributed by atoms with Gasteiger partial charge in [-0.3, -0.25) is 5.32 Å². The van der Waals surface area contributed by atoms with Crippen LogP contribution < -0.4 is 10.7 Å². The van der Waals surface area contributed by atoms with Gasteiger partial charge in [0.05, 0.1) is 16.4 Å². The largest absolute Gasteiger partial charge is 0.342 e. The molecular formula is C27H25ClN6OS. The minimum atomic E-state index is -0.441. The van der Waals surface area contributed by atoms with Crippen LogP contribution >= 0.6 is 22.9 Å². The predicted octanol–water partition coefficient (Wildman–Crippen LogP) is 6.17. The quantitative estimate of drug-likeness (QED) is 0.201. The molecule has 0 fully saturated rings. The topological polar surface area (TPSA) is 74.6 Å². The number of hydrogen-bond acceptors (Lipinski definition) is 5. The first-order chi connectivity index (χ1) is 17.4. The van der Waals surface area contributed by atoms with Crippen molar-refractivity contribution in [1.82, 2.24) is 19.9 Å². The SMILES string of the molecule is CN(C)Cc1ccc2nc(NC(=O)N/N=C/c3cn(Cc4ccc(Cl)cc4)c4ccccc34)sc2c1. The van der Waals surface area contributed by atoms with Gasteiger partial charge in [0.1, 0.15) is 0 Å². The van der Waals surface area contributed by atoms with Crippen LogP contribution in [-0.2, 0) is 13.1 Å². The third-order valence-corrected chi connectivity index (χ3v) is 6.81. The Bertz CT molecular complexity index is 1550. The van der Waals surface area contributed by atoms with E-state index in [1.807, 2.05) is 68.8 Å². The molecule has 3 aromatic carbocycles. The number of carbonyl (C=O) groups is 1. The Morgan fingerprint density at radius 3 is 2.69 bits per heavy atom. The molecule has 0 bridgehead atoms. The maximum absolute atomic E-state index is 12.4. The lowest BCUT2D eigenvalue weighted by atomic mass is 10.2. The van der Waals surface area contributed by atoms with Crippen LogP contribution in [0.5, 0.6) is 0 Å². The van der Waals surface area contributed by atoms with E-state index in [1.165, 1.54) is 16.9 Å². The summed E-state index contributed by atoms with van der Waals surface area (Å²) in [6.45, 7) is 1.55. The third kappa shape index (κ3) is 5.57. The first-order valence-electron chi connectivity index (χ1n) is 11.4. The summed E-state index contributed by atoms with van der Waals surface area (Å²) in [4.78, 5) is 19.0. The van der Waals surface area contributed by atoms with E-state index in [0.29, 0.717) is 16.7 Å². The molecule has 0 saturated carbocycles. The number of hydrogen-bond donors (Lipinski definition) is 2. The van der Waals surface area contributed by atoms with E-state index in [-0.39, 0.29) is 0 Å². The number of anilines is 1. The second kappa shape index (κ2) is 10.5. The fraction of sp³-hybridized carbons (Fsp3) is 0.148. The van der Waals surface area contributed by atoms with E-state index < -0.39 is 6.03 Å². The second-order valence-electron chi connectivity index (χ2n) is 8.74. The monoisotopic (exact) mass is 516 g/mol. The lowest BCUT2D eigenvalue weighted by Gasteiger charge is -2.08. The Morgan fingerprint density at radius 2 is 1.89 bits per heavy atom. The van der Waals surface area contributed by atoms with E-state index in [2.05, 4.69) is 48.5 Å². The van der Waals surface area contributed by atoms with Crippen molar-refractivity contribution in [2.75, 3.05) is 19.4 Å². The van der Waals surface area contributed by atoms with Gasteiger partial charge < -0.3 is 9.47 Å². The number of amides is 2. The Hall–Kier alpha value is -3.72. The summed E-state index contributed by atoms with van der Waals surface area (Å²) in [5.41, 5.74) is 7.74. The first kappa shape index (κ1) is 24.0. The zero-order valence-electron chi connectivity index (χ0n) is 19.9. The van der Waals surface area contributed by atoms with Crippen LogP contribution in [0, 0.1) is 0 Å². The molecule has 0 atom stereocenters. The van der Waals surface area contributed by atoms with Crippen molar-refractivity contribution in [3.05, 3.63) is 94.6 Å². The number of urea groups is 1. The molecular weight excluding hydrogens is 492 g/mol. The summed E-state index contributed by atoms with van der Waals surface area (Å²) in [6, 6.07) is 21.6. The Kier molecular flexibility index (Phi) is 6.99. The molecule has 2 heterocycles. The van der Waals surface area contributed by atoms with Gasteiger partial charge in [-0.05, 0) is 55.6 Å². The number of hydrazone groups is 1. The van der Waals surface area contributed by atoms with E-state index in [4.69, 9.17) is 11.6 Å².